The summed E-state index contributed by atoms with van der Waals surface area (Å²) in [5.41, 5.74) is 2.93. The van der Waals surface area contributed by atoms with Crippen LogP contribution in [-0.4, -0.2) is 58.5 Å². The highest BCUT2D eigenvalue weighted by molar-refractivity contribution is 6.99. The zero-order valence-corrected chi connectivity index (χ0v) is 33.2. The van der Waals surface area contributed by atoms with E-state index >= 15 is 0 Å². The SMILES string of the molecule is CO[C@H]1O[C@H](C(=O)/C=C/CO[Si](c2ccccc2)(c2ccccc2)C(C)(C)C)[C@@H](OCc2ccccc2)[C@H](OCc2ccccc2)[C@H]1OCc1ccccc1. The summed E-state index contributed by atoms with van der Waals surface area (Å²) in [6.45, 7) is 7.74. The fourth-order valence-electron chi connectivity index (χ4n) is 7.27. The third-order valence-corrected chi connectivity index (χ3v) is 15.0. The third kappa shape index (κ3) is 10.0. The van der Waals surface area contributed by atoms with E-state index in [0.29, 0.717) is 6.61 Å². The molecule has 0 radical (unpaired) electrons. The van der Waals surface area contributed by atoms with Crippen molar-refractivity contribution in [1.29, 1.82) is 0 Å². The van der Waals surface area contributed by atoms with Crippen molar-refractivity contribution < 1.29 is 32.9 Å². The smallest absolute Gasteiger partial charge is 0.261 e. The summed E-state index contributed by atoms with van der Waals surface area (Å²) in [7, 11) is -1.26. The maximum absolute atomic E-state index is 14.4. The summed E-state index contributed by atoms with van der Waals surface area (Å²) in [5.74, 6) is -0.277. The number of carbonyl (C=O) groups excluding carboxylic acids is 1. The van der Waals surface area contributed by atoms with Gasteiger partial charge in [0, 0.05) is 7.11 Å². The highest BCUT2D eigenvalue weighted by Gasteiger charge is 2.52. The van der Waals surface area contributed by atoms with Gasteiger partial charge < -0.3 is 28.1 Å². The lowest BCUT2D eigenvalue weighted by Crippen LogP contribution is -2.66. The van der Waals surface area contributed by atoms with E-state index in [-0.39, 0.29) is 30.6 Å². The van der Waals surface area contributed by atoms with Crippen molar-refractivity contribution in [1.82, 2.24) is 0 Å². The Labute approximate surface area is 327 Å². The van der Waals surface area contributed by atoms with Crippen molar-refractivity contribution in [3.63, 3.8) is 0 Å². The second kappa shape index (κ2) is 19.4. The molecule has 8 heteroatoms. The van der Waals surface area contributed by atoms with Crippen LogP contribution in [0.1, 0.15) is 37.5 Å². The van der Waals surface area contributed by atoms with Crippen LogP contribution in [0, 0.1) is 0 Å². The summed E-state index contributed by atoms with van der Waals surface area (Å²) < 4.78 is 39.3. The number of hydrogen-bond acceptors (Lipinski definition) is 7. The summed E-state index contributed by atoms with van der Waals surface area (Å²) >= 11 is 0. The largest absolute Gasteiger partial charge is 0.404 e. The van der Waals surface area contributed by atoms with Gasteiger partial charge in [-0.3, -0.25) is 4.79 Å². The molecule has 0 spiro atoms. The Morgan fingerprint density at radius 1 is 0.600 bits per heavy atom. The molecular weight excluding hydrogens is 705 g/mol. The monoisotopic (exact) mass is 756 g/mol. The fraction of sp³-hybridized carbons (Fsp3) is 0.298. The maximum Gasteiger partial charge on any atom is 0.261 e. The average molecular weight is 757 g/mol. The summed E-state index contributed by atoms with van der Waals surface area (Å²) in [5, 5.41) is 2.13. The van der Waals surface area contributed by atoms with E-state index in [1.807, 2.05) is 103 Å². The summed E-state index contributed by atoms with van der Waals surface area (Å²) in [6.07, 6.45) is -0.868. The maximum atomic E-state index is 14.4. The van der Waals surface area contributed by atoms with Crippen LogP contribution >= 0.6 is 0 Å². The van der Waals surface area contributed by atoms with Gasteiger partial charge in [0.05, 0.1) is 26.4 Å². The quantitative estimate of drug-likeness (QED) is 0.0708. The van der Waals surface area contributed by atoms with E-state index < -0.39 is 39.0 Å². The van der Waals surface area contributed by atoms with Crippen LogP contribution in [0.2, 0.25) is 5.04 Å². The number of rotatable bonds is 17. The number of hydrogen-bond donors (Lipinski definition) is 0. The van der Waals surface area contributed by atoms with Crippen molar-refractivity contribution in [3.05, 3.63) is 181 Å². The molecule has 5 atom stereocenters. The van der Waals surface area contributed by atoms with Crippen LogP contribution in [-0.2, 0) is 52.7 Å². The third-order valence-electron chi connectivity index (χ3n) is 9.96. The van der Waals surface area contributed by atoms with Crippen LogP contribution in [0.25, 0.3) is 0 Å². The van der Waals surface area contributed by atoms with Gasteiger partial charge in [0.1, 0.15) is 18.3 Å². The first-order valence-corrected chi connectivity index (χ1v) is 20.8. The zero-order chi connectivity index (χ0) is 38.5. The summed E-state index contributed by atoms with van der Waals surface area (Å²) in [6, 6.07) is 50.6. The first kappa shape index (κ1) is 40.2. The Morgan fingerprint density at radius 2 is 1.00 bits per heavy atom. The highest BCUT2D eigenvalue weighted by atomic mass is 28.4. The normalized spacial score (nSPS) is 20.4. The van der Waals surface area contributed by atoms with Gasteiger partial charge in [-0.05, 0) is 38.2 Å². The number of methoxy groups -OCH3 is 1. The molecule has 0 aliphatic carbocycles. The Bertz CT molecular complexity index is 1860. The predicted octanol–water partition coefficient (Wildman–Crippen LogP) is 7.82. The summed E-state index contributed by atoms with van der Waals surface area (Å²) in [4.78, 5) is 14.4. The predicted molar refractivity (Wildman–Crippen MR) is 218 cm³/mol. The molecule has 55 heavy (non-hydrogen) atoms. The first-order valence-electron chi connectivity index (χ1n) is 18.9. The van der Waals surface area contributed by atoms with Crippen LogP contribution in [0.15, 0.2) is 164 Å². The van der Waals surface area contributed by atoms with Gasteiger partial charge in [-0.1, -0.05) is 179 Å². The van der Waals surface area contributed by atoms with Crippen molar-refractivity contribution >= 4 is 24.5 Å². The van der Waals surface area contributed by atoms with Crippen LogP contribution in [0.5, 0.6) is 0 Å². The second-order valence-corrected chi connectivity index (χ2v) is 19.0. The number of benzene rings is 5. The molecule has 7 nitrogen and oxygen atoms in total. The van der Waals surface area contributed by atoms with Gasteiger partial charge in [0.2, 0.25) is 0 Å². The zero-order valence-electron chi connectivity index (χ0n) is 32.2. The highest BCUT2D eigenvalue weighted by Crippen LogP contribution is 2.37. The minimum absolute atomic E-state index is 0.208. The van der Waals surface area contributed by atoms with E-state index in [0.717, 1.165) is 16.7 Å². The van der Waals surface area contributed by atoms with E-state index in [4.69, 9.17) is 28.1 Å². The minimum atomic E-state index is -2.82. The molecular formula is C47H52O7Si. The second-order valence-electron chi connectivity index (χ2n) is 14.7. The molecule has 1 fully saturated rings. The Balaban J connectivity index is 1.29. The van der Waals surface area contributed by atoms with Crippen molar-refractivity contribution in [2.45, 2.75) is 76.3 Å². The molecule has 1 heterocycles. The first-order chi connectivity index (χ1) is 26.8. The molecule has 0 N–H and O–H groups in total. The lowest BCUT2D eigenvalue weighted by molar-refractivity contribution is -0.310. The van der Waals surface area contributed by atoms with E-state index in [9.17, 15) is 4.79 Å². The van der Waals surface area contributed by atoms with Gasteiger partial charge in [-0.25, -0.2) is 0 Å². The number of carbonyl (C=O) groups is 1. The van der Waals surface area contributed by atoms with Crippen molar-refractivity contribution in [2.75, 3.05) is 13.7 Å². The molecule has 0 amide bonds. The molecule has 0 saturated carbocycles. The fourth-order valence-corrected chi connectivity index (χ4v) is 11.8. The lowest BCUT2D eigenvalue weighted by Gasteiger charge is -2.45. The van der Waals surface area contributed by atoms with Gasteiger partial charge >= 0.3 is 0 Å². The van der Waals surface area contributed by atoms with E-state index in [2.05, 4.69) is 69.3 Å². The Kier molecular flexibility index (Phi) is 14.1. The number of ether oxygens (including phenoxy) is 5. The van der Waals surface area contributed by atoms with Gasteiger partial charge in [-0.2, -0.15) is 0 Å². The molecule has 5 aromatic carbocycles. The minimum Gasteiger partial charge on any atom is -0.404 e. The molecule has 6 rings (SSSR count). The van der Waals surface area contributed by atoms with Crippen molar-refractivity contribution in [2.24, 2.45) is 0 Å². The lowest BCUT2D eigenvalue weighted by atomic mass is 9.94. The average Bonchev–Trinajstić information content (AvgIpc) is 3.22. The van der Waals surface area contributed by atoms with Crippen LogP contribution < -0.4 is 10.4 Å². The number of ketones is 1. The van der Waals surface area contributed by atoms with Gasteiger partial charge in [0.25, 0.3) is 8.32 Å². The Morgan fingerprint density at radius 3 is 1.42 bits per heavy atom. The molecule has 0 aromatic heterocycles. The standard InChI is InChI=1S/C47H52O7Si/c1-47(2,3)55(39-27-16-8-17-28-39,40-29-18-9-19-30-40)53-32-20-31-41(48)42-43(50-33-36-21-10-5-11-22-36)44(51-34-37-23-12-6-13-24-37)45(46(49-4)54-42)52-35-38-25-14-7-15-26-38/h5-31,42-46H,32-35H2,1-4H3/b31-20+/t42-,43-,44+,45-,46+/m1/s1. The van der Waals surface area contributed by atoms with E-state index in [1.54, 1.807) is 19.3 Å². The molecule has 1 saturated heterocycles. The van der Waals surface area contributed by atoms with Gasteiger partial charge in [0.15, 0.2) is 18.2 Å². The molecule has 0 bridgehead atoms. The van der Waals surface area contributed by atoms with E-state index in [1.165, 1.54) is 10.4 Å². The van der Waals surface area contributed by atoms with Crippen LogP contribution in [0.4, 0.5) is 0 Å². The van der Waals surface area contributed by atoms with Crippen molar-refractivity contribution in [3.8, 4) is 0 Å². The molecule has 1 aliphatic heterocycles. The van der Waals surface area contributed by atoms with Gasteiger partial charge in [-0.15, -0.1) is 0 Å². The molecule has 0 unspecified atom stereocenters. The topological polar surface area (TPSA) is 72.5 Å². The van der Waals surface area contributed by atoms with Crippen LogP contribution in [0.3, 0.4) is 0 Å². The molecule has 286 valence electrons. The molecule has 5 aromatic rings. The molecule has 1 aliphatic rings. The Hall–Kier alpha value is -4.51.